The van der Waals surface area contributed by atoms with Gasteiger partial charge in [-0.25, -0.2) is 0 Å². The van der Waals surface area contributed by atoms with Crippen LogP contribution in [0.3, 0.4) is 0 Å². The van der Waals surface area contributed by atoms with E-state index in [1.807, 2.05) is 32.3 Å². The van der Waals surface area contributed by atoms with E-state index in [4.69, 9.17) is 21.6 Å². The Morgan fingerprint density at radius 2 is 1.81 bits per heavy atom. The number of rotatable bonds is 5. The number of benzene rings is 2. The minimum absolute atomic E-state index is 0.0367. The van der Waals surface area contributed by atoms with Gasteiger partial charge in [-0.2, -0.15) is 13.2 Å². The molecular weight excluding hydrogens is 435 g/mol. The average Bonchev–Trinajstić information content (AvgIpc) is 2.74. The largest absolute Gasteiger partial charge is 0.416 e. The summed E-state index contributed by atoms with van der Waals surface area (Å²) in [5.41, 5.74) is 4.02. The lowest BCUT2D eigenvalue weighted by molar-refractivity contribution is -0.137. The summed E-state index contributed by atoms with van der Waals surface area (Å²) in [5.74, 6) is 0.0367. The van der Waals surface area contributed by atoms with Gasteiger partial charge in [-0.3, -0.25) is 9.98 Å². The minimum Gasteiger partial charge on any atom is -0.309 e. The minimum atomic E-state index is -4.33. The first kappa shape index (κ1) is 22.7. The molecule has 0 aliphatic heterocycles. The molecule has 32 heavy (non-hydrogen) atoms. The van der Waals surface area contributed by atoms with Crippen molar-refractivity contribution in [3.8, 4) is 0 Å². The number of aromatic nitrogens is 1. The molecule has 0 amide bonds. The van der Waals surface area contributed by atoms with Crippen molar-refractivity contribution in [2.45, 2.75) is 31.4 Å². The second kappa shape index (κ2) is 9.20. The van der Waals surface area contributed by atoms with Crippen molar-refractivity contribution < 1.29 is 13.2 Å². The first-order chi connectivity index (χ1) is 15.2. The van der Waals surface area contributed by atoms with Crippen LogP contribution in [0.5, 0.6) is 0 Å². The summed E-state index contributed by atoms with van der Waals surface area (Å²) in [7, 11) is 4.06. The summed E-state index contributed by atoms with van der Waals surface area (Å²) in [4.78, 5) is 11.9. The monoisotopic (exact) mass is 459 g/mol. The molecule has 0 saturated carbocycles. The van der Waals surface area contributed by atoms with E-state index in [0.29, 0.717) is 24.4 Å². The second-order valence-electron chi connectivity index (χ2n) is 8.53. The van der Waals surface area contributed by atoms with Gasteiger partial charge in [-0.05, 0) is 87.8 Å². The van der Waals surface area contributed by atoms with Crippen LogP contribution in [-0.4, -0.2) is 42.8 Å². The van der Waals surface area contributed by atoms with Crippen LogP contribution in [0.1, 0.15) is 41.1 Å². The van der Waals surface area contributed by atoms with Crippen molar-refractivity contribution in [1.29, 1.82) is 0 Å². The highest BCUT2D eigenvalue weighted by Crippen LogP contribution is 2.36. The lowest BCUT2D eigenvalue weighted by atomic mass is 9.80. The van der Waals surface area contributed by atoms with E-state index in [1.165, 1.54) is 0 Å². The smallest absolute Gasteiger partial charge is 0.309 e. The molecular formula is C25H25ClF3N3. The summed E-state index contributed by atoms with van der Waals surface area (Å²) < 4.78 is 39.0. The van der Waals surface area contributed by atoms with Crippen LogP contribution in [0.15, 0.2) is 53.5 Å². The molecule has 0 bridgehead atoms. The fourth-order valence-corrected chi connectivity index (χ4v) is 4.35. The predicted molar refractivity (Wildman–Crippen MR) is 124 cm³/mol. The third-order valence-corrected chi connectivity index (χ3v) is 6.06. The van der Waals surface area contributed by atoms with E-state index in [2.05, 4.69) is 11.0 Å². The Hall–Kier alpha value is -2.44. The van der Waals surface area contributed by atoms with E-state index >= 15 is 0 Å². The fraction of sp³-hybridized carbons (Fsp3) is 0.360. The van der Waals surface area contributed by atoms with E-state index in [-0.39, 0.29) is 5.92 Å². The Kier molecular flexibility index (Phi) is 6.54. The summed E-state index contributed by atoms with van der Waals surface area (Å²) >= 11 is 6.18. The third-order valence-electron chi connectivity index (χ3n) is 5.82. The molecule has 3 aromatic rings. The molecule has 1 aliphatic carbocycles. The number of hydrogen-bond donors (Lipinski definition) is 0. The maximum atomic E-state index is 13.0. The van der Waals surface area contributed by atoms with Crippen LogP contribution in [0.4, 0.5) is 13.2 Å². The van der Waals surface area contributed by atoms with Crippen molar-refractivity contribution in [3.63, 3.8) is 0 Å². The van der Waals surface area contributed by atoms with Gasteiger partial charge in [0.1, 0.15) is 0 Å². The van der Waals surface area contributed by atoms with Crippen LogP contribution in [0.2, 0.25) is 5.02 Å². The average molecular weight is 460 g/mol. The van der Waals surface area contributed by atoms with Crippen molar-refractivity contribution in [2.75, 3.05) is 27.2 Å². The molecule has 1 atom stereocenters. The van der Waals surface area contributed by atoms with Crippen LogP contribution in [0, 0.1) is 0 Å². The first-order valence-electron chi connectivity index (χ1n) is 10.7. The number of alkyl halides is 3. The van der Waals surface area contributed by atoms with Gasteiger partial charge < -0.3 is 4.90 Å². The molecule has 0 radical (unpaired) electrons. The number of fused-ring (bicyclic) bond motifs is 2. The highest BCUT2D eigenvalue weighted by molar-refractivity contribution is 6.31. The van der Waals surface area contributed by atoms with Gasteiger partial charge >= 0.3 is 6.18 Å². The number of hydrogen-bond acceptors (Lipinski definition) is 3. The highest BCUT2D eigenvalue weighted by atomic mass is 35.5. The number of halogens is 4. The van der Waals surface area contributed by atoms with Crippen molar-refractivity contribution >= 4 is 28.2 Å². The van der Waals surface area contributed by atoms with Gasteiger partial charge in [-0.15, -0.1) is 0 Å². The summed E-state index contributed by atoms with van der Waals surface area (Å²) in [5, 5.41) is 1.62. The van der Waals surface area contributed by atoms with Crippen LogP contribution < -0.4 is 0 Å². The van der Waals surface area contributed by atoms with Gasteiger partial charge in [0.2, 0.25) is 0 Å². The van der Waals surface area contributed by atoms with Crippen LogP contribution in [-0.2, 0) is 12.6 Å². The van der Waals surface area contributed by atoms with Crippen molar-refractivity contribution in [2.24, 2.45) is 4.99 Å². The topological polar surface area (TPSA) is 28.5 Å². The summed E-state index contributed by atoms with van der Waals surface area (Å²) in [6, 6.07) is 13.2. The second-order valence-corrected chi connectivity index (χ2v) is 8.97. The molecule has 0 N–H and O–H groups in total. The molecule has 2 aromatic carbocycles. The van der Waals surface area contributed by atoms with Crippen molar-refractivity contribution in [3.05, 3.63) is 75.9 Å². The summed E-state index contributed by atoms with van der Waals surface area (Å²) in [6.07, 6.45) is -2.06. The Morgan fingerprint density at radius 1 is 1.06 bits per heavy atom. The SMILES string of the molecule is CN(C)CCCN=C1CC(c2ccc(C(F)(F)F)cc2)Cc2nc3ccc(Cl)cc3cc21. The fourth-order valence-electron chi connectivity index (χ4n) is 4.17. The maximum Gasteiger partial charge on any atom is 0.416 e. The third kappa shape index (κ3) is 5.13. The molecule has 1 aliphatic rings. The number of aliphatic imine (C=N–C) groups is 1. The van der Waals surface area contributed by atoms with Gasteiger partial charge in [0, 0.05) is 28.2 Å². The number of pyridine rings is 1. The first-order valence-corrected chi connectivity index (χ1v) is 11.0. The zero-order valence-electron chi connectivity index (χ0n) is 18.1. The molecule has 1 aromatic heterocycles. The van der Waals surface area contributed by atoms with E-state index in [1.54, 1.807) is 12.1 Å². The molecule has 0 fully saturated rings. The zero-order chi connectivity index (χ0) is 22.9. The summed E-state index contributed by atoms with van der Waals surface area (Å²) in [6.45, 7) is 1.64. The predicted octanol–water partition coefficient (Wildman–Crippen LogP) is 6.38. The highest BCUT2D eigenvalue weighted by Gasteiger charge is 2.31. The molecule has 4 rings (SSSR count). The maximum absolute atomic E-state index is 13.0. The lowest BCUT2D eigenvalue weighted by Crippen LogP contribution is -2.22. The van der Waals surface area contributed by atoms with Gasteiger partial charge in [0.05, 0.1) is 16.8 Å². The van der Waals surface area contributed by atoms with Gasteiger partial charge in [-0.1, -0.05) is 23.7 Å². The number of nitrogens with zero attached hydrogens (tertiary/aromatic N) is 3. The van der Waals surface area contributed by atoms with Crippen LogP contribution >= 0.6 is 11.6 Å². The quantitative estimate of drug-likeness (QED) is 0.414. The zero-order valence-corrected chi connectivity index (χ0v) is 18.8. The van der Waals surface area contributed by atoms with E-state index in [9.17, 15) is 13.2 Å². The normalized spacial score (nSPS) is 17.8. The molecule has 168 valence electrons. The Bertz CT molecular complexity index is 1140. The molecule has 3 nitrogen and oxygen atoms in total. The Morgan fingerprint density at radius 3 is 2.50 bits per heavy atom. The lowest BCUT2D eigenvalue weighted by Gasteiger charge is -2.27. The molecule has 1 unspecified atom stereocenters. The molecule has 1 heterocycles. The Balaban J connectivity index is 1.69. The molecule has 7 heteroatoms. The van der Waals surface area contributed by atoms with Crippen LogP contribution in [0.25, 0.3) is 10.9 Å². The van der Waals surface area contributed by atoms with Gasteiger partial charge in [0.25, 0.3) is 0 Å². The molecule has 0 saturated heterocycles. The van der Waals surface area contributed by atoms with Crippen molar-refractivity contribution in [1.82, 2.24) is 9.88 Å². The Labute approximate surface area is 190 Å². The molecule has 0 spiro atoms. The van der Waals surface area contributed by atoms with Gasteiger partial charge in [0.15, 0.2) is 0 Å². The van der Waals surface area contributed by atoms with E-state index in [0.717, 1.165) is 58.5 Å². The van der Waals surface area contributed by atoms with E-state index < -0.39 is 11.7 Å². The standard InChI is InChI=1S/C25H25ClF3N3/c1-32(2)11-3-10-30-23-14-17(16-4-6-19(7-5-16)25(27,28)29)15-24-21(23)13-18-12-20(26)8-9-22(18)31-24/h4-9,12-13,17H,3,10-11,14-15H2,1-2H3.